The van der Waals surface area contributed by atoms with Crippen LogP contribution in [0.3, 0.4) is 0 Å². The minimum absolute atomic E-state index is 0.0658. The molecule has 0 radical (unpaired) electrons. The van der Waals surface area contributed by atoms with Crippen LogP contribution in [0.15, 0.2) is 42.2 Å². The standard InChI is InChI=1S/C15H15F3O5S/c16-15(17,18)24(20,21)23-13-8-6-12(7-9-13)14(19)22-10-11-4-2-1-3-5-11/h1-5,8,12H,6-7,9-10H2/t12-/m1/s1. The van der Waals surface area contributed by atoms with Crippen LogP contribution in [0.4, 0.5) is 13.2 Å². The molecule has 1 aromatic rings. The van der Waals surface area contributed by atoms with Crippen molar-refractivity contribution in [2.75, 3.05) is 0 Å². The summed E-state index contributed by atoms with van der Waals surface area (Å²) in [5.74, 6) is -1.32. The van der Waals surface area contributed by atoms with Gasteiger partial charge in [0.2, 0.25) is 0 Å². The molecule has 24 heavy (non-hydrogen) atoms. The van der Waals surface area contributed by atoms with Crippen molar-refractivity contribution in [1.29, 1.82) is 0 Å². The van der Waals surface area contributed by atoms with Gasteiger partial charge in [0.15, 0.2) is 0 Å². The van der Waals surface area contributed by atoms with Crippen LogP contribution in [0.1, 0.15) is 24.8 Å². The third-order valence-corrected chi connectivity index (χ3v) is 4.43. The maximum absolute atomic E-state index is 12.2. The third-order valence-electron chi connectivity index (χ3n) is 3.43. The first-order chi connectivity index (χ1) is 11.2. The van der Waals surface area contributed by atoms with Crippen molar-refractivity contribution in [2.45, 2.75) is 31.4 Å². The van der Waals surface area contributed by atoms with Gasteiger partial charge in [0.1, 0.15) is 12.4 Å². The molecule has 2 rings (SSSR count). The molecule has 1 atom stereocenters. The summed E-state index contributed by atoms with van der Waals surface area (Å²) in [6, 6.07) is 9.02. The fourth-order valence-electron chi connectivity index (χ4n) is 2.13. The van der Waals surface area contributed by atoms with Gasteiger partial charge >= 0.3 is 21.6 Å². The fourth-order valence-corrected chi connectivity index (χ4v) is 2.66. The first-order valence-electron chi connectivity index (χ1n) is 7.09. The molecule has 1 aromatic carbocycles. The number of hydrogen-bond acceptors (Lipinski definition) is 5. The van der Waals surface area contributed by atoms with Crippen molar-refractivity contribution in [1.82, 2.24) is 0 Å². The highest BCUT2D eigenvalue weighted by molar-refractivity contribution is 7.87. The first kappa shape index (κ1) is 18.3. The third kappa shape index (κ3) is 4.73. The summed E-state index contributed by atoms with van der Waals surface area (Å²) in [6.45, 7) is 0.103. The van der Waals surface area contributed by atoms with Gasteiger partial charge in [-0.05, 0) is 24.5 Å². The SMILES string of the molecule is O=C(OCc1ccccc1)[C@@H]1CC=C(OS(=O)(=O)C(F)(F)F)CC1. The first-order valence-corrected chi connectivity index (χ1v) is 8.50. The predicted molar refractivity (Wildman–Crippen MR) is 77.7 cm³/mol. The Morgan fingerprint density at radius 1 is 1.21 bits per heavy atom. The summed E-state index contributed by atoms with van der Waals surface area (Å²) in [6.07, 6.45) is 1.32. The lowest BCUT2D eigenvalue weighted by Gasteiger charge is -2.21. The number of esters is 1. The minimum atomic E-state index is -5.67. The maximum Gasteiger partial charge on any atom is 0.534 e. The van der Waals surface area contributed by atoms with Crippen molar-refractivity contribution in [3.8, 4) is 0 Å². The number of carbonyl (C=O) groups is 1. The van der Waals surface area contributed by atoms with Crippen LogP contribution >= 0.6 is 0 Å². The summed E-state index contributed by atoms with van der Waals surface area (Å²) in [5.41, 5.74) is -4.66. The molecule has 132 valence electrons. The van der Waals surface area contributed by atoms with Gasteiger partial charge < -0.3 is 8.92 Å². The van der Waals surface area contributed by atoms with Crippen LogP contribution in [-0.4, -0.2) is 19.9 Å². The molecule has 9 heteroatoms. The van der Waals surface area contributed by atoms with Crippen molar-refractivity contribution >= 4 is 16.1 Å². The summed E-state index contributed by atoms with van der Waals surface area (Å²) >= 11 is 0. The van der Waals surface area contributed by atoms with E-state index in [1.54, 1.807) is 24.3 Å². The Balaban J connectivity index is 1.87. The normalized spacial score (nSPS) is 18.6. The molecule has 0 spiro atoms. The van der Waals surface area contributed by atoms with Crippen molar-refractivity contribution in [2.24, 2.45) is 5.92 Å². The number of rotatable bonds is 5. The quantitative estimate of drug-likeness (QED) is 0.456. The molecule has 0 aliphatic heterocycles. The zero-order valence-electron chi connectivity index (χ0n) is 12.5. The largest absolute Gasteiger partial charge is 0.534 e. The number of alkyl halides is 3. The van der Waals surface area contributed by atoms with Crippen LogP contribution in [0.2, 0.25) is 0 Å². The second kappa shape index (κ2) is 7.25. The van der Waals surface area contributed by atoms with E-state index in [0.717, 1.165) is 5.56 Å². The van der Waals surface area contributed by atoms with Crippen LogP contribution in [0.25, 0.3) is 0 Å². The molecule has 0 saturated heterocycles. The molecular weight excluding hydrogens is 349 g/mol. The van der Waals surface area contributed by atoms with E-state index in [9.17, 15) is 26.4 Å². The molecule has 5 nitrogen and oxygen atoms in total. The molecule has 0 heterocycles. The Hall–Kier alpha value is -2.03. The molecule has 1 aliphatic carbocycles. The summed E-state index contributed by atoms with van der Waals surface area (Å²) in [5, 5.41) is 0. The van der Waals surface area contributed by atoms with E-state index in [4.69, 9.17) is 4.74 Å². The van der Waals surface area contributed by atoms with E-state index < -0.39 is 27.5 Å². The van der Waals surface area contributed by atoms with Gasteiger partial charge in [-0.15, -0.1) is 0 Å². The number of ether oxygens (including phenoxy) is 1. The lowest BCUT2D eigenvalue weighted by Crippen LogP contribution is -2.27. The molecule has 0 bridgehead atoms. The summed E-state index contributed by atoms with van der Waals surface area (Å²) in [4.78, 5) is 11.9. The lowest BCUT2D eigenvalue weighted by molar-refractivity contribution is -0.150. The number of allylic oxidation sites excluding steroid dienone is 2. The van der Waals surface area contributed by atoms with Gasteiger partial charge in [-0.3, -0.25) is 4.79 Å². The molecule has 0 fully saturated rings. The highest BCUT2D eigenvalue weighted by Gasteiger charge is 2.49. The van der Waals surface area contributed by atoms with Gasteiger partial charge in [0.05, 0.1) is 5.92 Å². The maximum atomic E-state index is 12.2. The molecule has 0 aromatic heterocycles. The Morgan fingerprint density at radius 2 is 1.88 bits per heavy atom. The van der Waals surface area contributed by atoms with Crippen LogP contribution in [0.5, 0.6) is 0 Å². The summed E-state index contributed by atoms with van der Waals surface area (Å²) < 4.78 is 67.8. The predicted octanol–water partition coefficient (Wildman–Crippen LogP) is 3.28. The number of benzene rings is 1. The zero-order valence-corrected chi connectivity index (χ0v) is 13.3. The van der Waals surface area contributed by atoms with Gasteiger partial charge in [-0.1, -0.05) is 30.3 Å². The molecule has 0 saturated carbocycles. The Morgan fingerprint density at radius 3 is 2.42 bits per heavy atom. The smallest absolute Gasteiger partial charge is 0.461 e. The molecule has 1 aliphatic rings. The van der Waals surface area contributed by atoms with Gasteiger partial charge in [-0.25, -0.2) is 0 Å². The van der Waals surface area contributed by atoms with Crippen molar-refractivity contribution in [3.63, 3.8) is 0 Å². The Bertz CT molecular complexity index is 710. The molecule has 0 amide bonds. The lowest BCUT2D eigenvalue weighted by atomic mass is 9.93. The van der Waals surface area contributed by atoms with Crippen LogP contribution in [-0.2, 0) is 30.4 Å². The molecular formula is C15H15F3O5S. The highest BCUT2D eigenvalue weighted by atomic mass is 32.2. The van der Waals surface area contributed by atoms with Gasteiger partial charge in [0, 0.05) is 6.42 Å². The van der Waals surface area contributed by atoms with E-state index >= 15 is 0 Å². The molecule has 0 N–H and O–H groups in total. The average molecular weight is 364 g/mol. The molecule has 0 unspecified atom stereocenters. The Kier molecular flexibility index (Phi) is 5.53. The second-order valence-electron chi connectivity index (χ2n) is 5.22. The fraction of sp³-hybridized carbons (Fsp3) is 0.400. The topological polar surface area (TPSA) is 69.7 Å². The average Bonchev–Trinajstić information content (AvgIpc) is 2.53. The van der Waals surface area contributed by atoms with E-state index in [2.05, 4.69) is 4.18 Å². The van der Waals surface area contributed by atoms with Crippen molar-refractivity contribution in [3.05, 3.63) is 47.7 Å². The van der Waals surface area contributed by atoms with Crippen molar-refractivity contribution < 1.29 is 35.3 Å². The summed E-state index contributed by atoms with van der Waals surface area (Å²) in [7, 11) is -5.67. The highest BCUT2D eigenvalue weighted by Crippen LogP contribution is 2.31. The van der Waals surface area contributed by atoms with E-state index in [0.29, 0.717) is 0 Å². The van der Waals surface area contributed by atoms with Crippen LogP contribution in [0, 0.1) is 5.92 Å². The second-order valence-corrected chi connectivity index (χ2v) is 6.76. The van der Waals surface area contributed by atoms with Gasteiger partial charge in [-0.2, -0.15) is 21.6 Å². The van der Waals surface area contributed by atoms with E-state index in [1.807, 2.05) is 6.07 Å². The van der Waals surface area contributed by atoms with Gasteiger partial charge in [0.25, 0.3) is 0 Å². The van der Waals surface area contributed by atoms with E-state index in [-0.39, 0.29) is 31.6 Å². The monoisotopic (exact) mass is 364 g/mol. The van der Waals surface area contributed by atoms with Crippen LogP contribution < -0.4 is 0 Å². The number of carbonyl (C=O) groups excluding carboxylic acids is 1. The number of halogens is 3. The minimum Gasteiger partial charge on any atom is -0.461 e. The zero-order chi connectivity index (χ0) is 17.8. The van der Waals surface area contributed by atoms with E-state index in [1.165, 1.54) is 6.08 Å². The number of hydrogen-bond donors (Lipinski definition) is 0. The Labute approximate surface area is 137 Å².